The fourth-order valence-corrected chi connectivity index (χ4v) is 6.76. The second-order valence-corrected chi connectivity index (χ2v) is 11.8. The summed E-state index contributed by atoms with van der Waals surface area (Å²) in [5, 5.41) is 6.76. The Hall–Kier alpha value is -3.26. The summed E-state index contributed by atoms with van der Waals surface area (Å²) in [7, 11) is 0. The van der Waals surface area contributed by atoms with E-state index in [4.69, 9.17) is 0 Å². The molecule has 0 radical (unpaired) electrons. The molecule has 1 fully saturated rings. The van der Waals surface area contributed by atoms with Crippen LogP contribution in [0.25, 0.3) is 10.9 Å². The molecule has 3 heterocycles. The molecule has 7 nitrogen and oxygen atoms in total. The van der Waals surface area contributed by atoms with Gasteiger partial charge in [-0.2, -0.15) is 0 Å². The van der Waals surface area contributed by atoms with Crippen molar-refractivity contribution < 1.29 is 14.4 Å². The molecule has 1 saturated heterocycles. The van der Waals surface area contributed by atoms with Gasteiger partial charge in [-0.1, -0.05) is 36.4 Å². The monoisotopic (exact) mass is 490 g/mol. The van der Waals surface area contributed by atoms with E-state index in [9.17, 15) is 14.4 Å². The molecule has 8 heteroatoms. The van der Waals surface area contributed by atoms with Gasteiger partial charge in [-0.05, 0) is 51.0 Å². The van der Waals surface area contributed by atoms with Crippen molar-refractivity contribution in [1.82, 2.24) is 20.5 Å². The van der Waals surface area contributed by atoms with Gasteiger partial charge >= 0.3 is 0 Å². The minimum Gasteiger partial charge on any atom is -0.361 e. The first-order chi connectivity index (χ1) is 16.7. The lowest BCUT2D eigenvalue weighted by Gasteiger charge is -2.31. The number of H-pyrrole nitrogens is 1. The summed E-state index contributed by atoms with van der Waals surface area (Å²) in [6.45, 7) is 7.76. The van der Waals surface area contributed by atoms with Crippen LogP contribution in [0.15, 0.2) is 54.7 Å². The summed E-state index contributed by atoms with van der Waals surface area (Å²) in [6, 6.07) is 13.9. The molecule has 3 aromatic rings. The Morgan fingerprint density at radius 3 is 2.57 bits per heavy atom. The zero-order chi connectivity index (χ0) is 24.9. The second kappa shape index (κ2) is 8.75. The molecule has 1 aromatic heterocycles. The number of thioether (sulfide) groups is 1. The highest BCUT2D eigenvalue weighted by molar-refractivity contribution is 8.01. The summed E-state index contributed by atoms with van der Waals surface area (Å²) < 4.78 is -0.516. The van der Waals surface area contributed by atoms with E-state index < -0.39 is 16.8 Å². The van der Waals surface area contributed by atoms with Crippen LogP contribution in [-0.2, 0) is 16.0 Å². The standard InChI is InChI=1S/C27H30N4O3S/c1-15(2)29-23(32)21(13-16-14-28-20-12-8-7-9-17(16)20)30-24(33)22-27(3,4)35-26-19-11-6-5-10-18(19)25(34)31(22)26/h5-12,14-15,21-22,26,28H,13H2,1-4H3,(H,29,32)(H,30,33). The molecular weight excluding hydrogens is 460 g/mol. The third kappa shape index (κ3) is 4.10. The van der Waals surface area contributed by atoms with Crippen molar-refractivity contribution in [1.29, 1.82) is 0 Å². The molecular formula is C27H30N4O3S. The minimum absolute atomic E-state index is 0.0672. The number of carbonyl (C=O) groups is 3. The maximum absolute atomic E-state index is 13.8. The fraction of sp³-hybridized carbons (Fsp3) is 0.370. The molecule has 3 N–H and O–H groups in total. The van der Waals surface area contributed by atoms with Crippen molar-refractivity contribution in [3.05, 3.63) is 71.4 Å². The summed E-state index contributed by atoms with van der Waals surface area (Å²) >= 11 is 1.61. The zero-order valence-corrected chi connectivity index (χ0v) is 21.1. The van der Waals surface area contributed by atoms with Crippen LogP contribution in [0, 0.1) is 0 Å². The number of para-hydroxylation sites is 1. The molecule has 182 valence electrons. The van der Waals surface area contributed by atoms with Gasteiger partial charge in [-0.25, -0.2) is 0 Å². The van der Waals surface area contributed by atoms with Crippen LogP contribution in [-0.4, -0.2) is 50.5 Å². The van der Waals surface area contributed by atoms with Gasteiger partial charge in [-0.3, -0.25) is 14.4 Å². The number of benzene rings is 2. The van der Waals surface area contributed by atoms with Crippen molar-refractivity contribution in [3.63, 3.8) is 0 Å². The van der Waals surface area contributed by atoms with E-state index in [1.54, 1.807) is 16.7 Å². The number of nitrogens with one attached hydrogen (secondary N) is 3. The lowest BCUT2D eigenvalue weighted by atomic mass is 9.98. The molecule has 3 unspecified atom stereocenters. The molecule has 2 aromatic carbocycles. The normalized spacial score (nSPS) is 21.2. The van der Waals surface area contributed by atoms with Crippen molar-refractivity contribution in [3.8, 4) is 0 Å². The highest BCUT2D eigenvalue weighted by Gasteiger charge is 2.57. The van der Waals surface area contributed by atoms with Gasteiger partial charge in [0.1, 0.15) is 17.5 Å². The Labute approximate surface area is 209 Å². The Morgan fingerprint density at radius 2 is 1.80 bits per heavy atom. The molecule has 2 aliphatic heterocycles. The quantitative estimate of drug-likeness (QED) is 0.490. The SMILES string of the molecule is CC(C)NC(=O)C(Cc1c[nH]c2ccccc12)NC(=O)C1N2C(=O)c3ccccc3C2SC1(C)C. The number of amides is 3. The van der Waals surface area contributed by atoms with Crippen molar-refractivity contribution >= 4 is 40.4 Å². The predicted molar refractivity (Wildman–Crippen MR) is 138 cm³/mol. The number of hydrogen-bond donors (Lipinski definition) is 3. The molecule has 2 aliphatic rings. The summed E-state index contributed by atoms with van der Waals surface area (Å²) in [4.78, 5) is 45.2. The third-order valence-electron chi connectivity index (χ3n) is 6.71. The van der Waals surface area contributed by atoms with Crippen LogP contribution in [0.2, 0.25) is 0 Å². The Kier molecular flexibility index (Phi) is 5.87. The lowest BCUT2D eigenvalue weighted by Crippen LogP contribution is -2.58. The van der Waals surface area contributed by atoms with Gasteiger partial charge in [0.15, 0.2) is 0 Å². The Bertz CT molecular complexity index is 1310. The number of nitrogens with zero attached hydrogens (tertiary/aromatic N) is 1. The van der Waals surface area contributed by atoms with Crippen LogP contribution < -0.4 is 10.6 Å². The molecule has 0 spiro atoms. The van der Waals surface area contributed by atoms with E-state index in [-0.39, 0.29) is 29.1 Å². The van der Waals surface area contributed by atoms with E-state index in [0.29, 0.717) is 12.0 Å². The van der Waals surface area contributed by atoms with Crippen LogP contribution in [0.3, 0.4) is 0 Å². The highest BCUT2D eigenvalue weighted by Crippen LogP contribution is 2.56. The van der Waals surface area contributed by atoms with E-state index in [1.807, 2.05) is 82.4 Å². The molecule has 0 bridgehead atoms. The first-order valence-electron chi connectivity index (χ1n) is 11.9. The van der Waals surface area contributed by atoms with Crippen molar-refractivity contribution in [2.24, 2.45) is 0 Å². The zero-order valence-electron chi connectivity index (χ0n) is 20.3. The molecule has 3 atom stereocenters. The highest BCUT2D eigenvalue weighted by atomic mass is 32.2. The smallest absolute Gasteiger partial charge is 0.256 e. The Morgan fingerprint density at radius 1 is 1.09 bits per heavy atom. The topological polar surface area (TPSA) is 94.3 Å². The maximum atomic E-state index is 13.8. The van der Waals surface area contributed by atoms with Gasteiger partial charge in [-0.15, -0.1) is 11.8 Å². The summed E-state index contributed by atoms with van der Waals surface area (Å²) in [5.41, 5.74) is 3.52. The predicted octanol–water partition coefficient (Wildman–Crippen LogP) is 3.77. The van der Waals surface area contributed by atoms with Crippen LogP contribution >= 0.6 is 11.8 Å². The van der Waals surface area contributed by atoms with E-state index in [2.05, 4.69) is 15.6 Å². The van der Waals surface area contributed by atoms with Gasteiger partial charge in [0, 0.05) is 39.9 Å². The van der Waals surface area contributed by atoms with Gasteiger partial charge < -0.3 is 20.5 Å². The lowest BCUT2D eigenvalue weighted by molar-refractivity contribution is -0.132. The van der Waals surface area contributed by atoms with Crippen LogP contribution in [0.4, 0.5) is 0 Å². The molecule has 0 aliphatic carbocycles. The average Bonchev–Trinajstić information content (AvgIpc) is 3.42. The molecule has 5 rings (SSSR count). The van der Waals surface area contributed by atoms with Gasteiger partial charge in [0.25, 0.3) is 5.91 Å². The number of aromatic amines is 1. The first kappa shape index (κ1) is 23.5. The summed E-state index contributed by atoms with van der Waals surface area (Å²) in [6.07, 6.45) is 2.23. The number of fused-ring (bicyclic) bond motifs is 4. The first-order valence-corrected chi connectivity index (χ1v) is 12.8. The fourth-order valence-electron chi connectivity index (χ4n) is 5.17. The number of rotatable bonds is 6. The minimum atomic E-state index is -0.774. The van der Waals surface area contributed by atoms with Gasteiger partial charge in [0.05, 0.1) is 0 Å². The molecule has 3 amide bonds. The summed E-state index contributed by atoms with van der Waals surface area (Å²) in [5.74, 6) is -0.687. The van der Waals surface area contributed by atoms with Crippen molar-refractivity contribution in [2.45, 2.75) is 62.4 Å². The Balaban J connectivity index is 1.43. The number of carbonyl (C=O) groups excluding carboxylic acids is 3. The van der Waals surface area contributed by atoms with Crippen LogP contribution in [0.5, 0.6) is 0 Å². The number of aromatic nitrogens is 1. The third-order valence-corrected chi connectivity index (χ3v) is 8.24. The molecule has 35 heavy (non-hydrogen) atoms. The van der Waals surface area contributed by atoms with E-state index in [1.165, 1.54) is 0 Å². The van der Waals surface area contributed by atoms with Crippen LogP contribution in [0.1, 0.15) is 54.6 Å². The number of hydrogen-bond acceptors (Lipinski definition) is 4. The van der Waals surface area contributed by atoms with Crippen molar-refractivity contribution in [2.75, 3.05) is 0 Å². The molecule has 0 saturated carbocycles. The average molecular weight is 491 g/mol. The largest absolute Gasteiger partial charge is 0.361 e. The van der Waals surface area contributed by atoms with E-state index >= 15 is 0 Å². The maximum Gasteiger partial charge on any atom is 0.256 e. The second-order valence-electron chi connectivity index (χ2n) is 10.1. The van der Waals surface area contributed by atoms with Gasteiger partial charge in [0.2, 0.25) is 11.8 Å². The van der Waals surface area contributed by atoms with E-state index in [0.717, 1.165) is 22.0 Å².